The van der Waals surface area contributed by atoms with Gasteiger partial charge >= 0.3 is 0 Å². The molecule has 1 rings (SSSR count). The largest absolute Gasteiger partial charge is 0.269 e. The molecule has 0 aliphatic heterocycles. The molecule has 5 heteroatoms. The Bertz CT molecular complexity index is 360. The summed E-state index contributed by atoms with van der Waals surface area (Å²) in [5, 5.41) is -0.382. The minimum absolute atomic E-state index is 0.382. The van der Waals surface area contributed by atoms with E-state index in [1.165, 1.54) is 6.08 Å². The molecule has 0 unspecified atom stereocenters. The third-order valence-electron chi connectivity index (χ3n) is 2.40. The normalized spacial score (nSPS) is 17.5. The van der Waals surface area contributed by atoms with E-state index in [0.29, 0.717) is 12.8 Å². The Morgan fingerprint density at radius 1 is 1.27 bits per heavy atom. The van der Waals surface area contributed by atoms with Gasteiger partial charge in [0, 0.05) is 6.08 Å². The third kappa shape index (κ3) is 3.66. The lowest BCUT2D eigenvalue weighted by Gasteiger charge is -2.10. The predicted molar refractivity (Wildman–Crippen MR) is 58.7 cm³/mol. The summed E-state index contributed by atoms with van der Waals surface area (Å²) in [4.78, 5) is 11.3. The summed E-state index contributed by atoms with van der Waals surface area (Å²) in [7, 11) is -3.45. The van der Waals surface area contributed by atoms with E-state index in [2.05, 4.69) is 4.72 Å². The van der Waals surface area contributed by atoms with Crippen LogP contribution in [0.15, 0.2) is 11.6 Å². The maximum Gasteiger partial charge on any atom is 0.257 e. The Balaban J connectivity index is 2.64. The average molecular weight is 231 g/mol. The molecule has 0 radical (unpaired) electrons. The van der Waals surface area contributed by atoms with Crippen molar-refractivity contribution in [2.75, 3.05) is 0 Å². The molecular formula is C10H17NO3S. The molecule has 1 saturated carbocycles. The molecule has 0 heterocycles. The number of amides is 1. The van der Waals surface area contributed by atoms with Crippen LogP contribution in [0.25, 0.3) is 0 Å². The van der Waals surface area contributed by atoms with Gasteiger partial charge in [-0.3, -0.25) is 4.79 Å². The van der Waals surface area contributed by atoms with Crippen LogP contribution in [0.4, 0.5) is 0 Å². The van der Waals surface area contributed by atoms with E-state index < -0.39 is 15.9 Å². The van der Waals surface area contributed by atoms with E-state index in [0.717, 1.165) is 18.4 Å². The first kappa shape index (κ1) is 12.2. The molecule has 0 spiro atoms. The molecule has 1 aliphatic rings. The highest BCUT2D eigenvalue weighted by Gasteiger charge is 2.29. The summed E-state index contributed by atoms with van der Waals surface area (Å²) >= 11 is 0. The summed E-state index contributed by atoms with van der Waals surface area (Å²) in [6.07, 6.45) is 4.49. The van der Waals surface area contributed by atoms with Crippen molar-refractivity contribution in [3.63, 3.8) is 0 Å². The van der Waals surface area contributed by atoms with Gasteiger partial charge in [-0.1, -0.05) is 18.4 Å². The van der Waals surface area contributed by atoms with Crippen molar-refractivity contribution in [3.8, 4) is 0 Å². The Hall–Kier alpha value is -0.840. The minimum atomic E-state index is -3.45. The quantitative estimate of drug-likeness (QED) is 0.745. The summed E-state index contributed by atoms with van der Waals surface area (Å²) < 4.78 is 25.4. The van der Waals surface area contributed by atoms with Gasteiger partial charge in [-0.15, -0.1) is 0 Å². The zero-order valence-electron chi connectivity index (χ0n) is 9.12. The second-order valence-corrected chi connectivity index (χ2v) is 6.10. The molecule has 0 bridgehead atoms. The number of sulfonamides is 1. The third-order valence-corrected chi connectivity index (χ3v) is 4.24. The molecule has 0 aromatic carbocycles. The van der Waals surface area contributed by atoms with Crippen LogP contribution in [0, 0.1) is 0 Å². The first-order chi connectivity index (χ1) is 6.92. The maximum atomic E-state index is 11.7. The molecule has 0 saturated heterocycles. The van der Waals surface area contributed by atoms with Crippen molar-refractivity contribution in [3.05, 3.63) is 11.6 Å². The molecule has 1 amide bonds. The molecule has 15 heavy (non-hydrogen) atoms. The SMILES string of the molecule is CC(C)=CC(=O)NS(=O)(=O)C1CCCC1. The van der Waals surface area contributed by atoms with Crippen LogP contribution in [0.1, 0.15) is 39.5 Å². The summed E-state index contributed by atoms with van der Waals surface area (Å²) in [5.41, 5.74) is 0.786. The first-order valence-corrected chi connectivity index (χ1v) is 6.67. The fourth-order valence-electron chi connectivity index (χ4n) is 1.71. The van der Waals surface area contributed by atoms with Crippen LogP contribution >= 0.6 is 0 Å². The van der Waals surface area contributed by atoms with Crippen LogP contribution in [-0.4, -0.2) is 19.6 Å². The maximum absolute atomic E-state index is 11.7. The summed E-state index contributed by atoms with van der Waals surface area (Å²) in [6.45, 7) is 3.50. The van der Waals surface area contributed by atoms with Gasteiger partial charge in [0.2, 0.25) is 10.0 Å². The van der Waals surface area contributed by atoms with Gasteiger partial charge < -0.3 is 0 Å². The average Bonchev–Trinajstić information content (AvgIpc) is 2.51. The first-order valence-electron chi connectivity index (χ1n) is 5.12. The molecule has 1 aliphatic carbocycles. The van der Waals surface area contributed by atoms with E-state index in [1.54, 1.807) is 13.8 Å². The van der Waals surface area contributed by atoms with Crippen molar-refractivity contribution >= 4 is 15.9 Å². The lowest BCUT2D eigenvalue weighted by atomic mass is 10.3. The summed E-state index contributed by atoms with van der Waals surface area (Å²) in [5.74, 6) is -0.540. The lowest BCUT2D eigenvalue weighted by Crippen LogP contribution is -2.36. The molecule has 1 fully saturated rings. The Kier molecular flexibility index (Phi) is 3.90. The second-order valence-electron chi connectivity index (χ2n) is 4.14. The van der Waals surface area contributed by atoms with Crippen molar-refractivity contribution in [2.24, 2.45) is 0 Å². The second kappa shape index (κ2) is 4.79. The molecule has 0 aromatic rings. The van der Waals surface area contributed by atoms with E-state index in [9.17, 15) is 13.2 Å². The fraction of sp³-hybridized carbons (Fsp3) is 0.700. The van der Waals surface area contributed by atoms with Crippen LogP contribution < -0.4 is 4.72 Å². The van der Waals surface area contributed by atoms with Crippen LogP contribution in [0.5, 0.6) is 0 Å². The highest BCUT2D eigenvalue weighted by atomic mass is 32.2. The highest BCUT2D eigenvalue weighted by Crippen LogP contribution is 2.23. The molecule has 0 aromatic heterocycles. The van der Waals surface area contributed by atoms with Crippen LogP contribution in [-0.2, 0) is 14.8 Å². The van der Waals surface area contributed by atoms with Gasteiger partial charge in [0.15, 0.2) is 0 Å². The number of hydrogen-bond donors (Lipinski definition) is 1. The van der Waals surface area contributed by atoms with Gasteiger partial charge in [-0.25, -0.2) is 13.1 Å². The zero-order valence-corrected chi connectivity index (χ0v) is 9.93. The lowest BCUT2D eigenvalue weighted by molar-refractivity contribution is -0.114. The Labute approximate surface area is 90.8 Å². The van der Waals surface area contributed by atoms with E-state index >= 15 is 0 Å². The van der Waals surface area contributed by atoms with E-state index in [4.69, 9.17) is 0 Å². The van der Waals surface area contributed by atoms with Gasteiger partial charge in [-0.2, -0.15) is 0 Å². The number of nitrogens with one attached hydrogen (secondary N) is 1. The minimum Gasteiger partial charge on any atom is -0.269 e. The molecule has 86 valence electrons. The highest BCUT2D eigenvalue weighted by molar-refractivity contribution is 7.90. The van der Waals surface area contributed by atoms with Crippen molar-refractivity contribution in [1.82, 2.24) is 4.72 Å². The number of allylic oxidation sites excluding steroid dienone is 1. The van der Waals surface area contributed by atoms with Gasteiger partial charge in [-0.05, 0) is 26.7 Å². The number of rotatable bonds is 3. The number of hydrogen-bond acceptors (Lipinski definition) is 3. The van der Waals surface area contributed by atoms with Crippen molar-refractivity contribution < 1.29 is 13.2 Å². The van der Waals surface area contributed by atoms with Gasteiger partial charge in [0.25, 0.3) is 5.91 Å². The molecular weight excluding hydrogens is 214 g/mol. The monoisotopic (exact) mass is 231 g/mol. The van der Waals surface area contributed by atoms with Gasteiger partial charge in [0.1, 0.15) is 0 Å². The van der Waals surface area contributed by atoms with E-state index in [1.807, 2.05) is 0 Å². The predicted octanol–water partition coefficient (Wildman–Crippen LogP) is 1.34. The standard InChI is InChI=1S/C10H17NO3S/c1-8(2)7-10(12)11-15(13,14)9-5-3-4-6-9/h7,9H,3-6H2,1-2H3,(H,11,12). The zero-order chi connectivity index (χ0) is 11.5. The van der Waals surface area contributed by atoms with Gasteiger partial charge in [0.05, 0.1) is 5.25 Å². The number of carbonyl (C=O) groups is 1. The molecule has 1 N–H and O–H groups in total. The van der Waals surface area contributed by atoms with Crippen LogP contribution in [0.3, 0.4) is 0 Å². The Morgan fingerprint density at radius 2 is 1.80 bits per heavy atom. The topological polar surface area (TPSA) is 63.2 Å². The van der Waals surface area contributed by atoms with Crippen molar-refractivity contribution in [2.45, 2.75) is 44.8 Å². The van der Waals surface area contributed by atoms with Crippen LogP contribution in [0.2, 0.25) is 0 Å². The van der Waals surface area contributed by atoms with Crippen molar-refractivity contribution in [1.29, 1.82) is 0 Å². The fourth-order valence-corrected chi connectivity index (χ4v) is 3.17. The smallest absolute Gasteiger partial charge is 0.257 e. The number of carbonyl (C=O) groups excluding carboxylic acids is 1. The summed E-state index contributed by atoms with van der Waals surface area (Å²) in [6, 6.07) is 0. The molecule has 0 atom stereocenters. The Morgan fingerprint density at radius 3 is 2.27 bits per heavy atom. The van der Waals surface area contributed by atoms with E-state index in [-0.39, 0.29) is 5.25 Å². The molecule has 4 nitrogen and oxygen atoms in total.